The van der Waals surface area contributed by atoms with Crippen molar-refractivity contribution in [2.45, 2.75) is 12.5 Å². The Labute approximate surface area is 182 Å². The number of methoxy groups -OCH3 is 2. The number of carbonyl (C=O) groups is 2. The molecule has 0 saturated carbocycles. The Hall–Kier alpha value is -3.32. The lowest BCUT2D eigenvalue weighted by Gasteiger charge is -2.26. The van der Waals surface area contributed by atoms with Gasteiger partial charge in [-0.2, -0.15) is 0 Å². The van der Waals surface area contributed by atoms with Gasteiger partial charge in [0.2, 0.25) is 0 Å². The second-order valence-electron chi connectivity index (χ2n) is 7.65. The number of aliphatic hydroxyl groups excluding tert-OH is 1. The first kappa shape index (κ1) is 22.4. The van der Waals surface area contributed by atoms with Crippen LogP contribution in [0, 0.1) is 0 Å². The molecule has 31 heavy (non-hydrogen) atoms. The molecule has 7 nitrogen and oxygen atoms in total. The molecule has 7 heteroatoms. The van der Waals surface area contributed by atoms with E-state index in [2.05, 4.69) is 0 Å². The van der Waals surface area contributed by atoms with Gasteiger partial charge >= 0.3 is 0 Å². The van der Waals surface area contributed by atoms with Gasteiger partial charge in [-0.15, -0.1) is 0 Å². The van der Waals surface area contributed by atoms with E-state index in [1.54, 1.807) is 48.4 Å². The summed E-state index contributed by atoms with van der Waals surface area (Å²) in [5, 5.41) is 11.1. The third-order valence-corrected chi connectivity index (χ3v) is 5.32. The highest BCUT2D eigenvalue weighted by Gasteiger charge is 2.45. The largest absolute Gasteiger partial charge is 0.507 e. The van der Waals surface area contributed by atoms with Crippen LogP contribution in [0.15, 0.2) is 54.1 Å². The van der Waals surface area contributed by atoms with E-state index < -0.39 is 17.7 Å². The minimum absolute atomic E-state index is 0.0771. The van der Waals surface area contributed by atoms with Crippen LogP contribution in [0.1, 0.15) is 23.6 Å². The number of nitrogens with zero attached hydrogens (tertiary/aromatic N) is 2. The number of amides is 1. The first-order valence-corrected chi connectivity index (χ1v) is 10.1. The van der Waals surface area contributed by atoms with Crippen molar-refractivity contribution < 1.29 is 24.2 Å². The molecule has 3 rings (SSSR count). The molecule has 0 aromatic heterocycles. The molecule has 164 valence electrons. The van der Waals surface area contributed by atoms with E-state index >= 15 is 0 Å². The average molecular weight is 424 g/mol. The number of ether oxygens (including phenoxy) is 2. The molecule has 2 aromatic carbocycles. The Morgan fingerprint density at radius 3 is 2.32 bits per heavy atom. The summed E-state index contributed by atoms with van der Waals surface area (Å²) in [6.07, 6.45) is 0.700. The molecular weight excluding hydrogens is 396 g/mol. The summed E-state index contributed by atoms with van der Waals surface area (Å²) < 4.78 is 10.5. The number of hydrogen-bond donors (Lipinski definition) is 1. The smallest absolute Gasteiger partial charge is 0.295 e. The van der Waals surface area contributed by atoms with E-state index in [-0.39, 0.29) is 11.3 Å². The van der Waals surface area contributed by atoms with Gasteiger partial charge in [0.1, 0.15) is 17.3 Å². The zero-order valence-corrected chi connectivity index (χ0v) is 18.3. The highest BCUT2D eigenvalue weighted by Crippen LogP contribution is 2.40. The third kappa shape index (κ3) is 4.72. The molecular formula is C24H28N2O5. The number of benzene rings is 2. The Morgan fingerprint density at radius 1 is 1.03 bits per heavy atom. The van der Waals surface area contributed by atoms with E-state index in [4.69, 9.17) is 9.47 Å². The summed E-state index contributed by atoms with van der Waals surface area (Å²) in [6, 6.07) is 13.3. The molecule has 1 fully saturated rings. The van der Waals surface area contributed by atoms with Crippen molar-refractivity contribution in [1.82, 2.24) is 9.80 Å². The monoisotopic (exact) mass is 424 g/mol. The van der Waals surface area contributed by atoms with Crippen LogP contribution in [0.4, 0.5) is 0 Å². The predicted molar refractivity (Wildman–Crippen MR) is 118 cm³/mol. The quantitative estimate of drug-likeness (QED) is 0.399. The normalized spacial score (nSPS) is 18.0. The van der Waals surface area contributed by atoms with E-state index in [9.17, 15) is 14.7 Å². The summed E-state index contributed by atoms with van der Waals surface area (Å²) >= 11 is 0. The highest BCUT2D eigenvalue weighted by atomic mass is 16.5. The highest BCUT2D eigenvalue weighted by molar-refractivity contribution is 6.46. The van der Waals surface area contributed by atoms with Crippen LogP contribution in [0.3, 0.4) is 0 Å². The van der Waals surface area contributed by atoms with Crippen molar-refractivity contribution in [3.8, 4) is 11.5 Å². The lowest BCUT2D eigenvalue weighted by Crippen LogP contribution is -2.32. The second-order valence-corrected chi connectivity index (χ2v) is 7.65. The maximum absolute atomic E-state index is 13.0. The summed E-state index contributed by atoms with van der Waals surface area (Å²) in [6.45, 7) is 1.17. The molecule has 1 amide bonds. The lowest BCUT2D eigenvalue weighted by atomic mass is 9.95. The van der Waals surface area contributed by atoms with Crippen molar-refractivity contribution in [2.24, 2.45) is 0 Å². The predicted octanol–water partition coefficient (Wildman–Crippen LogP) is 3.08. The van der Waals surface area contributed by atoms with Crippen molar-refractivity contribution in [1.29, 1.82) is 0 Å². The first-order valence-electron chi connectivity index (χ1n) is 10.1. The van der Waals surface area contributed by atoms with Gasteiger partial charge in [0.25, 0.3) is 11.7 Å². The molecule has 1 N–H and O–H groups in total. The van der Waals surface area contributed by atoms with Gasteiger partial charge in [-0.05, 0) is 56.9 Å². The number of carbonyl (C=O) groups excluding carboxylic acids is 2. The van der Waals surface area contributed by atoms with Crippen LogP contribution in [-0.2, 0) is 9.59 Å². The van der Waals surface area contributed by atoms with E-state index in [1.807, 2.05) is 31.1 Å². The third-order valence-electron chi connectivity index (χ3n) is 5.32. The zero-order chi connectivity index (χ0) is 22.5. The fourth-order valence-electron chi connectivity index (χ4n) is 3.73. The van der Waals surface area contributed by atoms with Crippen LogP contribution in [0.25, 0.3) is 5.76 Å². The molecule has 0 bridgehead atoms. The zero-order valence-electron chi connectivity index (χ0n) is 18.3. The number of ketones is 1. The van der Waals surface area contributed by atoms with Gasteiger partial charge in [-0.25, -0.2) is 0 Å². The van der Waals surface area contributed by atoms with Gasteiger partial charge in [0.05, 0.1) is 25.8 Å². The lowest BCUT2D eigenvalue weighted by molar-refractivity contribution is -0.139. The SMILES string of the molecule is COc1ccc([C@@H]2/C(=C(\O)c3cccc(OC)c3)C(=O)C(=O)N2CCCN(C)C)cc1. The molecule has 0 unspecified atom stereocenters. The molecule has 0 spiro atoms. The van der Waals surface area contributed by atoms with E-state index in [1.165, 1.54) is 7.11 Å². The fraction of sp³-hybridized carbons (Fsp3) is 0.333. The molecule has 1 atom stereocenters. The standard InChI is InChI=1S/C24H28N2O5/c1-25(2)13-6-14-26-21(16-9-11-18(30-3)12-10-16)20(23(28)24(26)29)22(27)17-7-5-8-19(15-17)31-4/h5,7-12,15,21,27H,6,13-14H2,1-4H3/b22-20+/t21-/m1/s1. The number of hydrogen-bond acceptors (Lipinski definition) is 6. The van der Waals surface area contributed by atoms with Crippen LogP contribution in [-0.4, -0.2) is 68.0 Å². The summed E-state index contributed by atoms with van der Waals surface area (Å²) in [4.78, 5) is 29.5. The van der Waals surface area contributed by atoms with Gasteiger partial charge in [0.15, 0.2) is 0 Å². The Kier molecular flexibility index (Phi) is 6.97. The number of Topliss-reactive ketones (excluding diaryl/α,β-unsaturated/α-hetero) is 1. The molecule has 1 heterocycles. The van der Waals surface area contributed by atoms with Gasteiger partial charge in [-0.1, -0.05) is 24.3 Å². The van der Waals surface area contributed by atoms with Crippen LogP contribution >= 0.6 is 0 Å². The second kappa shape index (κ2) is 9.66. The minimum Gasteiger partial charge on any atom is -0.507 e. The van der Waals surface area contributed by atoms with Crippen molar-refractivity contribution in [2.75, 3.05) is 41.4 Å². The van der Waals surface area contributed by atoms with Crippen molar-refractivity contribution in [3.05, 3.63) is 65.2 Å². The summed E-state index contributed by atoms with van der Waals surface area (Å²) in [7, 11) is 7.01. The Morgan fingerprint density at radius 2 is 1.71 bits per heavy atom. The van der Waals surface area contributed by atoms with Crippen molar-refractivity contribution >= 4 is 17.4 Å². The van der Waals surface area contributed by atoms with Crippen LogP contribution in [0.2, 0.25) is 0 Å². The van der Waals surface area contributed by atoms with Gasteiger partial charge < -0.3 is 24.4 Å². The number of aliphatic hydroxyl groups is 1. The Bertz CT molecular complexity index is 982. The molecule has 1 aliphatic rings. The number of rotatable bonds is 8. The minimum atomic E-state index is -0.689. The van der Waals surface area contributed by atoms with E-state index in [0.717, 1.165) is 12.1 Å². The molecule has 0 aliphatic carbocycles. The maximum Gasteiger partial charge on any atom is 0.295 e. The average Bonchev–Trinajstić information content (AvgIpc) is 3.03. The fourth-order valence-corrected chi connectivity index (χ4v) is 3.73. The molecule has 2 aromatic rings. The molecule has 0 radical (unpaired) electrons. The molecule has 1 saturated heterocycles. The first-order chi connectivity index (χ1) is 14.9. The number of likely N-dealkylation sites (tertiary alicyclic amines) is 1. The van der Waals surface area contributed by atoms with Gasteiger partial charge in [-0.3, -0.25) is 9.59 Å². The topological polar surface area (TPSA) is 79.3 Å². The maximum atomic E-state index is 13.0. The molecule has 1 aliphatic heterocycles. The van der Waals surface area contributed by atoms with E-state index in [0.29, 0.717) is 30.0 Å². The van der Waals surface area contributed by atoms with Crippen LogP contribution in [0.5, 0.6) is 11.5 Å². The summed E-state index contributed by atoms with van der Waals surface area (Å²) in [5.41, 5.74) is 1.23. The van der Waals surface area contributed by atoms with Crippen LogP contribution < -0.4 is 9.47 Å². The van der Waals surface area contributed by atoms with Gasteiger partial charge in [0, 0.05) is 12.1 Å². The van der Waals surface area contributed by atoms with Crippen molar-refractivity contribution in [3.63, 3.8) is 0 Å². The Balaban J connectivity index is 2.09. The summed E-state index contributed by atoms with van der Waals surface area (Å²) in [5.74, 6) is -0.297.